The van der Waals surface area contributed by atoms with Crippen molar-refractivity contribution in [3.63, 3.8) is 0 Å². The van der Waals surface area contributed by atoms with Gasteiger partial charge in [-0.2, -0.15) is 0 Å². The predicted molar refractivity (Wildman–Crippen MR) is 118 cm³/mol. The second kappa shape index (κ2) is 9.01. The number of hydrogen-bond acceptors (Lipinski definition) is 3. The first-order chi connectivity index (χ1) is 14.6. The van der Waals surface area contributed by atoms with Crippen LogP contribution in [0.5, 0.6) is 5.75 Å². The van der Waals surface area contributed by atoms with Gasteiger partial charge < -0.3 is 15.4 Å². The Morgan fingerprint density at radius 2 is 1.60 bits per heavy atom. The Labute approximate surface area is 180 Å². The fraction of sp³-hybridized carbons (Fsp3) is 0.167. The summed E-state index contributed by atoms with van der Waals surface area (Å²) in [6.45, 7) is 0.324. The van der Waals surface area contributed by atoms with Crippen LogP contribution in [0.3, 0.4) is 0 Å². The molecule has 2 N–H and O–H groups in total. The van der Waals surface area contributed by atoms with Crippen LogP contribution in [0.4, 0.5) is 11.4 Å². The van der Waals surface area contributed by atoms with Gasteiger partial charge in [0.05, 0.1) is 5.56 Å². The predicted octanol–water partition coefficient (Wildman–Crippen LogP) is 5.52. The number of anilines is 2. The van der Waals surface area contributed by atoms with Crippen molar-refractivity contribution in [2.75, 3.05) is 10.6 Å². The second-order valence-corrected chi connectivity index (χ2v) is 7.65. The third kappa shape index (κ3) is 5.19. The molecule has 0 bridgehead atoms. The molecular formula is C24H21ClN2O3. The van der Waals surface area contributed by atoms with Crippen LogP contribution in [-0.4, -0.2) is 11.8 Å². The van der Waals surface area contributed by atoms with E-state index >= 15 is 0 Å². The molecule has 0 atom stereocenters. The average molecular weight is 421 g/mol. The largest absolute Gasteiger partial charge is 0.488 e. The lowest BCUT2D eigenvalue weighted by Crippen LogP contribution is -2.15. The Hall–Kier alpha value is -3.31. The van der Waals surface area contributed by atoms with Crippen LogP contribution in [0, 0.1) is 5.92 Å². The van der Waals surface area contributed by atoms with Crippen molar-refractivity contribution in [1.29, 1.82) is 0 Å². The number of hydrogen-bond donors (Lipinski definition) is 2. The molecular weight excluding hydrogens is 400 g/mol. The summed E-state index contributed by atoms with van der Waals surface area (Å²) in [5, 5.41) is 6.42. The molecule has 0 spiro atoms. The Morgan fingerprint density at radius 1 is 0.900 bits per heavy atom. The first kappa shape index (κ1) is 20.0. The van der Waals surface area contributed by atoms with Gasteiger partial charge in [-0.05, 0) is 60.9 Å². The van der Waals surface area contributed by atoms with E-state index in [1.807, 2.05) is 18.2 Å². The smallest absolute Gasteiger partial charge is 0.259 e. The highest BCUT2D eigenvalue weighted by Gasteiger charge is 2.29. The molecule has 1 aliphatic rings. The highest BCUT2D eigenvalue weighted by Crippen LogP contribution is 2.30. The number of nitrogens with one attached hydrogen (secondary N) is 2. The van der Waals surface area contributed by atoms with E-state index in [1.54, 1.807) is 54.6 Å². The van der Waals surface area contributed by atoms with Gasteiger partial charge in [0, 0.05) is 22.3 Å². The summed E-state index contributed by atoms with van der Waals surface area (Å²) in [7, 11) is 0. The summed E-state index contributed by atoms with van der Waals surface area (Å²) in [4.78, 5) is 24.8. The lowest BCUT2D eigenvalue weighted by Gasteiger charge is -2.13. The van der Waals surface area contributed by atoms with Gasteiger partial charge in [0.2, 0.25) is 5.91 Å². The van der Waals surface area contributed by atoms with E-state index in [2.05, 4.69) is 10.6 Å². The molecule has 0 unspecified atom stereocenters. The van der Waals surface area contributed by atoms with Crippen LogP contribution < -0.4 is 15.4 Å². The van der Waals surface area contributed by atoms with Crippen molar-refractivity contribution in [3.8, 4) is 5.75 Å². The third-order valence-electron chi connectivity index (χ3n) is 4.78. The lowest BCUT2D eigenvalue weighted by molar-refractivity contribution is -0.117. The van der Waals surface area contributed by atoms with Crippen molar-refractivity contribution in [2.45, 2.75) is 19.4 Å². The highest BCUT2D eigenvalue weighted by atomic mass is 35.5. The summed E-state index contributed by atoms with van der Waals surface area (Å²) >= 11 is 5.91. The maximum Gasteiger partial charge on any atom is 0.259 e. The van der Waals surface area contributed by atoms with Gasteiger partial charge in [-0.25, -0.2) is 0 Å². The summed E-state index contributed by atoms with van der Waals surface area (Å²) in [5.41, 5.74) is 2.64. The summed E-state index contributed by atoms with van der Waals surface area (Å²) < 4.78 is 5.87. The molecule has 3 aromatic rings. The van der Waals surface area contributed by atoms with Crippen LogP contribution in [0.15, 0.2) is 72.8 Å². The molecule has 0 heterocycles. The minimum atomic E-state index is -0.285. The first-order valence-electron chi connectivity index (χ1n) is 9.77. The lowest BCUT2D eigenvalue weighted by atomic mass is 10.1. The van der Waals surface area contributed by atoms with E-state index in [0.717, 1.165) is 18.4 Å². The molecule has 1 aliphatic carbocycles. The monoisotopic (exact) mass is 420 g/mol. The quantitative estimate of drug-likeness (QED) is 0.528. The van der Waals surface area contributed by atoms with Gasteiger partial charge in [-0.3, -0.25) is 9.59 Å². The van der Waals surface area contributed by atoms with Gasteiger partial charge >= 0.3 is 0 Å². The van der Waals surface area contributed by atoms with E-state index in [9.17, 15) is 9.59 Å². The number of ether oxygens (including phenoxy) is 1. The fourth-order valence-corrected chi connectivity index (χ4v) is 3.11. The van der Waals surface area contributed by atoms with Crippen molar-refractivity contribution in [2.24, 2.45) is 5.92 Å². The third-order valence-corrected chi connectivity index (χ3v) is 5.03. The molecule has 3 aromatic carbocycles. The molecule has 30 heavy (non-hydrogen) atoms. The van der Waals surface area contributed by atoms with E-state index in [-0.39, 0.29) is 17.7 Å². The van der Waals surface area contributed by atoms with E-state index < -0.39 is 0 Å². The van der Waals surface area contributed by atoms with Crippen LogP contribution in [0.1, 0.15) is 28.8 Å². The molecule has 152 valence electrons. The van der Waals surface area contributed by atoms with Gasteiger partial charge in [0.15, 0.2) is 0 Å². The maximum absolute atomic E-state index is 12.8. The van der Waals surface area contributed by atoms with Gasteiger partial charge in [0.1, 0.15) is 12.4 Å². The summed E-state index contributed by atoms with van der Waals surface area (Å²) in [6.07, 6.45) is 1.88. The summed E-state index contributed by atoms with van der Waals surface area (Å²) in [6, 6.07) is 21.6. The van der Waals surface area contributed by atoms with Crippen molar-refractivity contribution >= 4 is 34.8 Å². The zero-order chi connectivity index (χ0) is 20.9. The molecule has 5 nitrogen and oxygen atoms in total. The topological polar surface area (TPSA) is 67.4 Å². The van der Waals surface area contributed by atoms with E-state index in [0.29, 0.717) is 34.3 Å². The zero-order valence-electron chi connectivity index (χ0n) is 16.2. The van der Waals surface area contributed by atoms with Crippen molar-refractivity contribution in [1.82, 2.24) is 0 Å². The SMILES string of the molecule is O=C(Nc1cccc(NC(=O)C2CC2)c1)c1ccccc1OCc1ccc(Cl)cc1. The fourth-order valence-electron chi connectivity index (χ4n) is 2.98. The Kier molecular flexibility index (Phi) is 6.00. The van der Waals surface area contributed by atoms with Crippen LogP contribution in [-0.2, 0) is 11.4 Å². The Morgan fingerprint density at radius 3 is 2.33 bits per heavy atom. The Bertz CT molecular complexity index is 1060. The number of amides is 2. The Balaban J connectivity index is 1.43. The standard InChI is InChI=1S/C24H21ClN2O3/c25-18-12-8-16(9-13-18)15-30-22-7-2-1-6-21(22)24(29)27-20-5-3-4-19(14-20)26-23(28)17-10-11-17/h1-9,12-14,17H,10-11,15H2,(H,26,28)(H,27,29). The number of carbonyl (C=O) groups is 2. The van der Waals surface area contributed by atoms with E-state index in [4.69, 9.17) is 16.3 Å². The number of benzene rings is 3. The number of para-hydroxylation sites is 1. The molecule has 0 aromatic heterocycles. The normalized spacial score (nSPS) is 12.8. The first-order valence-corrected chi connectivity index (χ1v) is 10.1. The highest BCUT2D eigenvalue weighted by molar-refractivity contribution is 6.30. The van der Waals surface area contributed by atoms with Crippen LogP contribution in [0.25, 0.3) is 0 Å². The minimum absolute atomic E-state index is 0.0272. The van der Waals surface area contributed by atoms with Gasteiger partial charge in [0.25, 0.3) is 5.91 Å². The molecule has 0 saturated heterocycles. The van der Waals surface area contributed by atoms with Crippen molar-refractivity contribution < 1.29 is 14.3 Å². The molecule has 0 aliphatic heterocycles. The van der Waals surface area contributed by atoms with Crippen molar-refractivity contribution in [3.05, 3.63) is 88.9 Å². The number of rotatable bonds is 7. The number of carbonyl (C=O) groups excluding carboxylic acids is 2. The molecule has 1 saturated carbocycles. The molecule has 0 radical (unpaired) electrons. The minimum Gasteiger partial charge on any atom is -0.488 e. The maximum atomic E-state index is 12.8. The van der Waals surface area contributed by atoms with Gasteiger partial charge in [-0.15, -0.1) is 0 Å². The summed E-state index contributed by atoms with van der Waals surface area (Å²) in [5.74, 6) is 0.350. The molecule has 1 fully saturated rings. The molecule has 6 heteroatoms. The zero-order valence-corrected chi connectivity index (χ0v) is 17.0. The molecule has 2 amide bonds. The van der Waals surface area contributed by atoms with Crippen LogP contribution >= 0.6 is 11.6 Å². The van der Waals surface area contributed by atoms with E-state index in [1.165, 1.54) is 0 Å². The average Bonchev–Trinajstić information content (AvgIpc) is 3.59. The molecule has 4 rings (SSSR count). The van der Waals surface area contributed by atoms with Crippen LogP contribution in [0.2, 0.25) is 5.02 Å². The second-order valence-electron chi connectivity index (χ2n) is 7.21. The number of halogens is 1. The van der Waals surface area contributed by atoms with Gasteiger partial charge in [-0.1, -0.05) is 41.9 Å².